The van der Waals surface area contributed by atoms with Gasteiger partial charge in [-0.15, -0.1) is 11.3 Å². The topological polar surface area (TPSA) is 49.8 Å². The van der Waals surface area contributed by atoms with Crippen molar-refractivity contribution in [2.75, 3.05) is 0 Å². The molecule has 1 aromatic carbocycles. The summed E-state index contributed by atoms with van der Waals surface area (Å²) in [6.07, 6.45) is 0.372. The smallest absolute Gasteiger partial charge is 0.0641 e. The molecule has 2 rings (SSSR count). The Morgan fingerprint density at radius 2 is 2.29 bits per heavy atom. The van der Waals surface area contributed by atoms with Gasteiger partial charge in [-0.2, -0.15) is 5.26 Å². The SMILES string of the molecule is N#CC[C@@H](N)c1ccc2ccsc2c1. The molecule has 1 heterocycles. The van der Waals surface area contributed by atoms with Gasteiger partial charge in [0.15, 0.2) is 0 Å². The Bertz CT molecular complexity index is 481. The first-order valence-corrected chi connectivity index (χ1v) is 5.29. The van der Waals surface area contributed by atoms with Gasteiger partial charge in [-0.05, 0) is 28.5 Å². The zero-order chi connectivity index (χ0) is 9.97. The summed E-state index contributed by atoms with van der Waals surface area (Å²) in [4.78, 5) is 0. The van der Waals surface area contributed by atoms with E-state index in [1.807, 2.05) is 6.07 Å². The summed E-state index contributed by atoms with van der Waals surface area (Å²) in [7, 11) is 0. The van der Waals surface area contributed by atoms with Crippen molar-refractivity contribution in [3.8, 4) is 6.07 Å². The number of hydrogen-bond acceptors (Lipinski definition) is 3. The van der Waals surface area contributed by atoms with Gasteiger partial charge < -0.3 is 5.73 Å². The van der Waals surface area contributed by atoms with E-state index in [1.54, 1.807) is 11.3 Å². The molecule has 0 aliphatic carbocycles. The van der Waals surface area contributed by atoms with Crippen LogP contribution in [0.3, 0.4) is 0 Å². The molecule has 0 saturated carbocycles. The van der Waals surface area contributed by atoms with Crippen molar-refractivity contribution in [1.29, 1.82) is 5.26 Å². The third-order valence-corrected chi connectivity index (χ3v) is 3.10. The van der Waals surface area contributed by atoms with E-state index in [2.05, 4.69) is 29.6 Å². The van der Waals surface area contributed by atoms with Crippen molar-refractivity contribution in [3.63, 3.8) is 0 Å². The molecular weight excluding hydrogens is 192 g/mol. The Balaban J connectivity index is 2.39. The van der Waals surface area contributed by atoms with Crippen molar-refractivity contribution in [2.24, 2.45) is 5.73 Å². The number of nitrogens with zero attached hydrogens (tertiary/aromatic N) is 1. The third-order valence-electron chi connectivity index (χ3n) is 2.22. The first-order chi connectivity index (χ1) is 6.81. The summed E-state index contributed by atoms with van der Waals surface area (Å²) >= 11 is 1.70. The predicted molar refractivity (Wildman–Crippen MR) is 59.0 cm³/mol. The van der Waals surface area contributed by atoms with Gasteiger partial charge in [0.05, 0.1) is 12.5 Å². The molecule has 14 heavy (non-hydrogen) atoms. The molecule has 0 saturated heterocycles. The first kappa shape index (κ1) is 9.20. The lowest BCUT2D eigenvalue weighted by Crippen LogP contribution is -2.08. The molecule has 0 spiro atoms. The molecule has 0 bridgehead atoms. The van der Waals surface area contributed by atoms with Crippen LogP contribution < -0.4 is 5.73 Å². The van der Waals surface area contributed by atoms with Crippen molar-refractivity contribution in [1.82, 2.24) is 0 Å². The Labute approximate surface area is 86.6 Å². The van der Waals surface area contributed by atoms with E-state index in [0.29, 0.717) is 6.42 Å². The molecule has 1 aromatic heterocycles. The van der Waals surface area contributed by atoms with Crippen LogP contribution in [-0.4, -0.2) is 0 Å². The van der Waals surface area contributed by atoms with E-state index in [1.165, 1.54) is 10.1 Å². The second kappa shape index (κ2) is 3.79. The predicted octanol–water partition coefficient (Wildman–Crippen LogP) is 2.81. The van der Waals surface area contributed by atoms with Crippen molar-refractivity contribution < 1.29 is 0 Å². The van der Waals surface area contributed by atoms with Crippen LogP contribution in [0.5, 0.6) is 0 Å². The van der Waals surface area contributed by atoms with Crippen LogP contribution in [0, 0.1) is 11.3 Å². The molecule has 0 amide bonds. The monoisotopic (exact) mass is 202 g/mol. The Morgan fingerprint density at radius 3 is 3.07 bits per heavy atom. The number of rotatable bonds is 2. The highest BCUT2D eigenvalue weighted by atomic mass is 32.1. The first-order valence-electron chi connectivity index (χ1n) is 4.41. The second-order valence-electron chi connectivity index (χ2n) is 3.19. The quantitative estimate of drug-likeness (QED) is 0.814. The Kier molecular flexibility index (Phi) is 2.49. The van der Waals surface area contributed by atoms with E-state index in [-0.39, 0.29) is 6.04 Å². The molecule has 2 nitrogen and oxygen atoms in total. The highest BCUT2D eigenvalue weighted by Crippen LogP contribution is 2.24. The zero-order valence-electron chi connectivity index (χ0n) is 7.60. The second-order valence-corrected chi connectivity index (χ2v) is 4.13. The normalized spacial score (nSPS) is 12.6. The van der Waals surface area contributed by atoms with Crippen LogP contribution in [0.25, 0.3) is 10.1 Å². The molecule has 2 N–H and O–H groups in total. The maximum Gasteiger partial charge on any atom is 0.0641 e. The molecule has 1 atom stereocenters. The highest BCUT2D eigenvalue weighted by molar-refractivity contribution is 7.17. The molecule has 0 radical (unpaired) electrons. The van der Waals surface area contributed by atoms with Gasteiger partial charge in [0, 0.05) is 10.7 Å². The fraction of sp³-hybridized carbons (Fsp3) is 0.182. The molecule has 0 aliphatic rings. The molecule has 0 aliphatic heterocycles. The van der Waals surface area contributed by atoms with E-state index in [9.17, 15) is 0 Å². The summed E-state index contributed by atoms with van der Waals surface area (Å²) < 4.78 is 1.23. The van der Waals surface area contributed by atoms with Crippen LogP contribution in [-0.2, 0) is 0 Å². The average molecular weight is 202 g/mol. The van der Waals surface area contributed by atoms with E-state index in [0.717, 1.165) is 5.56 Å². The van der Waals surface area contributed by atoms with Gasteiger partial charge in [0.2, 0.25) is 0 Å². The Hall–Kier alpha value is -1.37. The standard InChI is InChI=1S/C11H10N2S/c12-5-3-10(13)9-2-1-8-4-6-14-11(8)7-9/h1-2,4,6-7,10H,3,13H2/t10-/m1/s1. The van der Waals surface area contributed by atoms with Crippen LogP contribution in [0.15, 0.2) is 29.6 Å². The lowest BCUT2D eigenvalue weighted by atomic mass is 10.0. The molecule has 2 aromatic rings. The summed E-state index contributed by atoms with van der Waals surface area (Å²) in [5, 5.41) is 11.8. The van der Waals surface area contributed by atoms with Crippen molar-refractivity contribution >= 4 is 21.4 Å². The van der Waals surface area contributed by atoms with Gasteiger partial charge in [-0.1, -0.05) is 12.1 Å². The highest BCUT2D eigenvalue weighted by Gasteiger charge is 2.05. The average Bonchev–Trinajstić information content (AvgIpc) is 2.64. The number of nitriles is 1. The van der Waals surface area contributed by atoms with E-state index >= 15 is 0 Å². The van der Waals surface area contributed by atoms with Crippen molar-refractivity contribution in [3.05, 3.63) is 35.2 Å². The van der Waals surface area contributed by atoms with E-state index in [4.69, 9.17) is 11.0 Å². The lowest BCUT2D eigenvalue weighted by Gasteiger charge is -2.07. The zero-order valence-corrected chi connectivity index (χ0v) is 8.42. The Morgan fingerprint density at radius 1 is 1.43 bits per heavy atom. The molecular formula is C11H10N2S. The van der Waals surface area contributed by atoms with Gasteiger partial charge in [-0.3, -0.25) is 0 Å². The fourth-order valence-electron chi connectivity index (χ4n) is 1.42. The van der Waals surface area contributed by atoms with Gasteiger partial charge >= 0.3 is 0 Å². The minimum atomic E-state index is -0.161. The molecule has 0 fully saturated rings. The fourth-order valence-corrected chi connectivity index (χ4v) is 2.26. The van der Waals surface area contributed by atoms with Crippen LogP contribution in [0.2, 0.25) is 0 Å². The number of benzene rings is 1. The van der Waals surface area contributed by atoms with Crippen LogP contribution in [0.1, 0.15) is 18.0 Å². The number of fused-ring (bicyclic) bond motifs is 1. The number of hydrogen-bond donors (Lipinski definition) is 1. The number of nitrogens with two attached hydrogens (primary N) is 1. The summed E-state index contributed by atoms with van der Waals surface area (Å²) in [5.74, 6) is 0. The minimum absolute atomic E-state index is 0.161. The van der Waals surface area contributed by atoms with Crippen LogP contribution >= 0.6 is 11.3 Å². The van der Waals surface area contributed by atoms with Gasteiger partial charge in [-0.25, -0.2) is 0 Å². The molecule has 70 valence electrons. The third kappa shape index (κ3) is 1.63. The van der Waals surface area contributed by atoms with Gasteiger partial charge in [0.25, 0.3) is 0 Å². The van der Waals surface area contributed by atoms with E-state index < -0.39 is 0 Å². The summed E-state index contributed by atoms with van der Waals surface area (Å²) in [6, 6.07) is 10.1. The minimum Gasteiger partial charge on any atom is -0.323 e. The molecule has 0 unspecified atom stereocenters. The van der Waals surface area contributed by atoms with Crippen LogP contribution in [0.4, 0.5) is 0 Å². The van der Waals surface area contributed by atoms with Gasteiger partial charge in [0.1, 0.15) is 0 Å². The lowest BCUT2D eigenvalue weighted by molar-refractivity contribution is 0.750. The molecule has 3 heteroatoms. The van der Waals surface area contributed by atoms with Crippen molar-refractivity contribution in [2.45, 2.75) is 12.5 Å². The number of thiophene rings is 1. The maximum absolute atomic E-state index is 8.54. The largest absolute Gasteiger partial charge is 0.323 e. The summed E-state index contributed by atoms with van der Waals surface area (Å²) in [5.41, 5.74) is 6.89. The summed E-state index contributed by atoms with van der Waals surface area (Å²) in [6.45, 7) is 0. The maximum atomic E-state index is 8.54.